The molecule has 0 bridgehead atoms. The van der Waals surface area contributed by atoms with E-state index in [1.807, 2.05) is 0 Å². The lowest BCUT2D eigenvalue weighted by Crippen LogP contribution is -2.38. The Morgan fingerprint density at radius 3 is 2.62 bits per heavy atom. The average molecular weight is 354 g/mol. The van der Waals surface area contributed by atoms with Crippen molar-refractivity contribution in [3.8, 4) is 0 Å². The molecule has 2 saturated carbocycles. The monoisotopic (exact) mass is 353 g/mol. The molecule has 2 aliphatic rings. The van der Waals surface area contributed by atoms with Crippen molar-refractivity contribution < 1.29 is 0 Å². The fourth-order valence-corrected chi connectivity index (χ4v) is 4.54. The summed E-state index contributed by atoms with van der Waals surface area (Å²) in [6.45, 7) is 8.62. The zero-order chi connectivity index (χ0) is 15.0. The molecule has 118 valence electrons. The Hall–Kier alpha value is -0.350. The lowest BCUT2D eigenvalue weighted by Gasteiger charge is -2.26. The van der Waals surface area contributed by atoms with E-state index in [1.54, 1.807) is 0 Å². The molecule has 0 radical (unpaired) electrons. The second-order valence-electron chi connectivity index (χ2n) is 6.91. The minimum absolute atomic E-state index is 0.621. The Morgan fingerprint density at radius 1 is 1.29 bits per heavy atom. The van der Waals surface area contributed by atoms with Crippen LogP contribution in [-0.4, -0.2) is 22.4 Å². The molecule has 3 atom stereocenters. The largest absolute Gasteiger partial charge is 0.313 e. The molecule has 1 aromatic heterocycles. The molecule has 4 heteroatoms. The number of rotatable bonds is 7. The Balaban J connectivity index is 1.74. The van der Waals surface area contributed by atoms with Crippen LogP contribution in [0.3, 0.4) is 0 Å². The molecule has 3 rings (SSSR count). The van der Waals surface area contributed by atoms with Crippen molar-refractivity contribution in [2.45, 2.75) is 65.5 Å². The van der Waals surface area contributed by atoms with E-state index in [1.165, 1.54) is 35.8 Å². The van der Waals surface area contributed by atoms with Crippen LogP contribution < -0.4 is 5.32 Å². The summed E-state index contributed by atoms with van der Waals surface area (Å²) < 4.78 is 3.39. The first-order chi connectivity index (χ1) is 10.1. The fourth-order valence-electron chi connectivity index (χ4n) is 4.10. The van der Waals surface area contributed by atoms with Crippen LogP contribution in [0.4, 0.5) is 0 Å². The van der Waals surface area contributed by atoms with Gasteiger partial charge >= 0.3 is 0 Å². The zero-order valence-corrected chi connectivity index (χ0v) is 15.1. The molecule has 1 heterocycles. The highest BCUT2D eigenvalue weighted by Gasteiger charge is 2.47. The molecule has 3 unspecified atom stereocenters. The highest BCUT2D eigenvalue weighted by atomic mass is 79.9. The highest BCUT2D eigenvalue weighted by molar-refractivity contribution is 9.10. The van der Waals surface area contributed by atoms with E-state index in [0.717, 1.165) is 43.0 Å². The van der Waals surface area contributed by atoms with Crippen molar-refractivity contribution in [1.29, 1.82) is 0 Å². The first kappa shape index (κ1) is 15.5. The predicted octanol–water partition coefficient (Wildman–Crippen LogP) is 3.93. The van der Waals surface area contributed by atoms with Crippen LogP contribution in [0.1, 0.15) is 50.9 Å². The van der Waals surface area contributed by atoms with E-state index in [0.29, 0.717) is 6.04 Å². The molecule has 1 aromatic rings. The molecule has 3 nitrogen and oxygen atoms in total. The smallest absolute Gasteiger partial charge is 0.0738 e. The molecule has 0 spiro atoms. The number of aryl methyl sites for hydroxylation is 2. The van der Waals surface area contributed by atoms with Crippen LogP contribution in [0.2, 0.25) is 0 Å². The van der Waals surface area contributed by atoms with Crippen LogP contribution >= 0.6 is 15.9 Å². The fraction of sp³-hybridized carbons (Fsp3) is 0.824. The second kappa shape index (κ2) is 6.41. The molecular weight excluding hydrogens is 326 g/mol. The molecule has 0 aliphatic heterocycles. The standard InChI is InChI=1S/C17H28BrN3/c1-4-6-19-15(14-8-12-7-13(12)9-14)10-16-17(18)11(3)20-21(16)5-2/h12-15,19H,4-10H2,1-3H3. The SMILES string of the molecule is CCCNC(Cc1c(Br)c(C)nn1CC)C1CC2CC2C1. The number of hydrogen-bond acceptors (Lipinski definition) is 2. The van der Waals surface area contributed by atoms with Gasteiger partial charge in [0, 0.05) is 19.0 Å². The van der Waals surface area contributed by atoms with Crippen LogP contribution in [0.25, 0.3) is 0 Å². The summed E-state index contributed by atoms with van der Waals surface area (Å²) in [5.41, 5.74) is 2.50. The summed E-state index contributed by atoms with van der Waals surface area (Å²) >= 11 is 3.76. The van der Waals surface area contributed by atoms with E-state index >= 15 is 0 Å². The Kier molecular flexibility index (Phi) is 4.75. The van der Waals surface area contributed by atoms with Gasteiger partial charge in [-0.1, -0.05) is 6.92 Å². The average Bonchev–Trinajstić information content (AvgIpc) is 3.00. The Labute approximate surface area is 137 Å². The Morgan fingerprint density at radius 2 is 2.00 bits per heavy atom. The molecule has 1 N–H and O–H groups in total. The third kappa shape index (κ3) is 3.21. The van der Waals surface area contributed by atoms with Crippen molar-refractivity contribution in [1.82, 2.24) is 15.1 Å². The summed E-state index contributed by atoms with van der Waals surface area (Å²) in [4.78, 5) is 0. The van der Waals surface area contributed by atoms with E-state index < -0.39 is 0 Å². The minimum atomic E-state index is 0.621. The van der Waals surface area contributed by atoms with E-state index in [-0.39, 0.29) is 0 Å². The maximum atomic E-state index is 4.65. The maximum Gasteiger partial charge on any atom is 0.0738 e. The van der Waals surface area contributed by atoms with Gasteiger partial charge in [-0.2, -0.15) is 5.10 Å². The molecule has 21 heavy (non-hydrogen) atoms. The van der Waals surface area contributed by atoms with Gasteiger partial charge in [-0.05, 0) is 79.8 Å². The van der Waals surface area contributed by atoms with E-state index in [2.05, 4.69) is 51.8 Å². The molecular formula is C17H28BrN3. The molecule has 0 aromatic carbocycles. The van der Waals surface area contributed by atoms with Crippen molar-refractivity contribution >= 4 is 15.9 Å². The first-order valence-electron chi connectivity index (χ1n) is 8.59. The predicted molar refractivity (Wildman–Crippen MR) is 90.4 cm³/mol. The van der Waals surface area contributed by atoms with Gasteiger partial charge < -0.3 is 5.32 Å². The van der Waals surface area contributed by atoms with Gasteiger partial charge in [-0.25, -0.2) is 0 Å². The summed E-state index contributed by atoms with van der Waals surface area (Å²) in [6.07, 6.45) is 6.72. The van der Waals surface area contributed by atoms with Gasteiger partial charge in [-0.3, -0.25) is 4.68 Å². The van der Waals surface area contributed by atoms with Crippen molar-refractivity contribution in [2.24, 2.45) is 17.8 Å². The number of aromatic nitrogens is 2. The van der Waals surface area contributed by atoms with Crippen LogP contribution in [0, 0.1) is 24.7 Å². The lowest BCUT2D eigenvalue weighted by molar-refractivity contribution is 0.326. The number of hydrogen-bond donors (Lipinski definition) is 1. The number of halogens is 1. The van der Waals surface area contributed by atoms with Gasteiger partial charge in [0.15, 0.2) is 0 Å². The van der Waals surface area contributed by atoms with Crippen LogP contribution in [0.5, 0.6) is 0 Å². The van der Waals surface area contributed by atoms with Gasteiger partial charge in [0.25, 0.3) is 0 Å². The van der Waals surface area contributed by atoms with Crippen molar-refractivity contribution in [2.75, 3.05) is 6.54 Å². The quantitative estimate of drug-likeness (QED) is 0.804. The molecule has 2 fully saturated rings. The number of nitrogens with one attached hydrogen (secondary N) is 1. The van der Waals surface area contributed by atoms with Crippen LogP contribution in [0.15, 0.2) is 4.47 Å². The third-order valence-electron chi connectivity index (χ3n) is 5.37. The van der Waals surface area contributed by atoms with E-state index in [9.17, 15) is 0 Å². The summed E-state index contributed by atoms with van der Waals surface area (Å²) in [7, 11) is 0. The van der Waals surface area contributed by atoms with Crippen molar-refractivity contribution in [3.05, 3.63) is 15.9 Å². The molecule has 0 saturated heterocycles. The Bertz CT molecular complexity index is 486. The van der Waals surface area contributed by atoms with Gasteiger partial charge in [0.2, 0.25) is 0 Å². The number of nitrogens with zero attached hydrogens (tertiary/aromatic N) is 2. The molecule has 2 aliphatic carbocycles. The van der Waals surface area contributed by atoms with Gasteiger partial charge in [0.05, 0.1) is 15.9 Å². The molecule has 0 amide bonds. The maximum absolute atomic E-state index is 4.65. The van der Waals surface area contributed by atoms with Gasteiger partial charge in [0.1, 0.15) is 0 Å². The van der Waals surface area contributed by atoms with Gasteiger partial charge in [-0.15, -0.1) is 0 Å². The summed E-state index contributed by atoms with van der Waals surface area (Å²) in [5, 5.41) is 8.48. The van der Waals surface area contributed by atoms with Crippen molar-refractivity contribution in [3.63, 3.8) is 0 Å². The van der Waals surface area contributed by atoms with E-state index in [4.69, 9.17) is 0 Å². The number of fused-ring (bicyclic) bond motifs is 1. The normalized spacial score (nSPS) is 28.7. The second-order valence-corrected chi connectivity index (χ2v) is 7.71. The first-order valence-corrected chi connectivity index (χ1v) is 9.38. The minimum Gasteiger partial charge on any atom is -0.313 e. The third-order valence-corrected chi connectivity index (χ3v) is 6.40. The summed E-state index contributed by atoms with van der Waals surface area (Å²) in [5.74, 6) is 2.98. The zero-order valence-electron chi connectivity index (χ0n) is 13.5. The summed E-state index contributed by atoms with van der Waals surface area (Å²) in [6, 6.07) is 0.621. The lowest BCUT2D eigenvalue weighted by atomic mass is 9.91. The topological polar surface area (TPSA) is 29.9 Å². The van der Waals surface area contributed by atoms with Crippen LogP contribution in [-0.2, 0) is 13.0 Å². The highest BCUT2D eigenvalue weighted by Crippen LogP contribution is 2.55.